The Kier molecular flexibility index (Phi) is 4.91. The lowest BCUT2D eigenvalue weighted by atomic mass is 9.93. The maximum absolute atomic E-state index is 12.2. The van der Waals surface area contributed by atoms with Crippen LogP contribution in [0.25, 0.3) is 0 Å². The summed E-state index contributed by atoms with van der Waals surface area (Å²) in [6.45, 7) is 4.96. The molecule has 0 saturated carbocycles. The normalized spacial score (nSPS) is 23.2. The van der Waals surface area contributed by atoms with Gasteiger partial charge in [0.2, 0.25) is 5.91 Å². The number of anilines is 1. The van der Waals surface area contributed by atoms with Crippen LogP contribution in [0.15, 0.2) is 6.20 Å². The van der Waals surface area contributed by atoms with Crippen molar-refractivity contribution in [1.29, 1.82) is 0 Å². The van der Waals surface area contributed by atoms with Crippen molar-refractivity contribution in [1.82, 2.24) is 10.3 Å². The van der Waals surface area contributed by atoms with Gasteiger partial charge in [-0.25, -0.2) is 4.98 Å². The number of rotatable bonds is 3. The molecule has 2 heterocycles. The first kappa shape index (κ1) is 14.4. The van der Waals surface area contributed by atoms with Crippen LogP contribution in [0, 0.1) is 6.92 Å². The van der Waals surface area contributed by atoms with Crippen LogP contribution in [0.4, 0.5) is 5.13 Å². The number of hydrogen-bond acceptors (Lipinski definition) is 4. The molecule has 0 spiro atoms. The second-order valence-corrected chi connectivity index (χ2v) is 5.43. The quantitative estimate of drug-likeness (QED) is 0.890. The maximum atomic E-state index is 12.2. The van der Waals surface area contributed by atoms with Crippen molar-refractivity contribution >= 4 is 34.8 Å². The molecule has 1 aromatic rings. The van der Waals surface area contributed by atoms with Crippen molar-refractivity contribution < 1.29 is 4.79 Å². The molecular weight excluding hydrogens is 258 g/mol. The van der Waals surface area contributed by atoms with Gasteiger partial charge in [-0.1, -0.05) is 6.92 Å². The molecule has 1 aliphatic heterocycles. The summed E-state index contributed by atoms with van der Waals surface area (Å²) in [5.74, 6) is 0.0573. The minimum Gasteiger partial charge on any atom is -0.303 e. The molecule has 0 aromatic carbocycles. The van der Waals surface area contributed by atoms with Crippen LogP contribution in [0.2, 0.25) is 0 Å². The maximum Gasteiger partial charge on any atom is 0.246 e. The molecule has 1 fully saturated rings. The highest BCUT2D eigenvalue weighted by Gasteiger charge is 2.39. The Morgan fingerprint density at radius 1 is 1.71 bits per heavy atom. The Morgan fingerprint density at radius 3 is 2.94 bits per heavy atom. The first-order valence-electron chi connectivity index (χ1n) is 5.65. The van der Waals surface area contributed by atoms with Crippen LogP contribution < -0.4 is 10.6 Å². The van der Waals surface area contributed by atoms with E-state index < -0.39 is 0 Å². The number of aromatic nitrogens is 1. The molecule has 2 N–H and O–H groups in total. The van der Waals surface area contributed by atoms with Gasteiger partial charge in [-0.3, -0.25) is 4.79 Å². The van der Waals surface area contributed by atoms with Crippen molar-refractivity contribution in [2.24, 2.45) is 0 Å². The van der Waals surface area contributed by atoms with Gasteiger partial charge >= 0.3 is 0 Å². The fourth-order valence-electron chi connectivity index (χ4n) is 2.09. The Hall–Kier alpha value is -0.650. The first-order valence-corrected chi connectivity index (χ1v) is 6.47. The Balaban J connectivity index is 0.00000144. The van der Waals surface area contributed by atoms with Crippen molar-refractivity contribution in [3.8, 4) is 0 Å². The molecule has 1 aliphatic rings. The van der Waals surface area contributed by atoms with Gasteiger partial charge in [-0.05, 0) is 32.7 Å². The Labute approximate surface area is 112 Å². The van der Waals surface area contributed by atoms with Gasteiger partial charge in [-0.2, -0.15) is 0 Å². The summed E-state index contributed by atoms with van der Waals surface area (Å²) in [5.41, 5.74) is -0.375. The molecule has 1 aromatic heterocycles. The number of thiazole rings is 1. The van der Waals surface area contributed by atoms with Crippen molar-refractivity contribution in [2.75, 3.05) is 11.9 Å². The molecule has 17 heavy (non-hydrogen) atoms. The van der Waals surface area contributed by atoms with Gasteiger partial charge in [0.1, 0.15) is 0 Å². The van der Waals surface area contributed by atoms with Gasteiger partial charge in [0.15, 0.2) is 5.13 Å². The lowest BCUT2D eigenvalue weighted by molar-refractivity contribution is -0.122. The molecule has 96 valence electrons. The van der Waals surface area contributed by atoms with Crippen molar-refractivity contribution in [3.63, 3.8) is 0 Å². The molecule has 1 amide bonds. The zero-order chi connectivity index (χ0) is 11.6. The number of carbonyl (C=O) groups is 1. The number of amides is 1. The van der Waals surface area contributed by atoms with E-state index in [0.717, 1.165) is 30.7 Å². The van der Waals surface area contributed by atoms with E-state index in [1.807, 2.05) is 13.8 Å². The zero-order valence-corrected chi connectivity index (χ0v) is 11.7. The highest BCUT2D eigenvalue weighted by Crippen LogP contribution is 2.26. The second kappa shape index (κ2) is 5.80. The van der Waals surface area contributed by atoms with Gasteiger partial charge in [-0.15, -0.1) is 23.7 Å². The van der Waals surface area contributed by atoms with E-state index in [-0.39, 0.29) is 23.9 Å². The van der Waals surface area contributed by atoms with Crippen LogP contribution in [-0.4, -0.2) is 23.0 Å². The fraction of sp³-hybridized carbons (Fsp3) is 0.636. The van der Waals surface area contributed by atoms with Crippen molar-refractivity contribution in [3.05, 3.63) is 11.1 Å². The molecule has 2 rings (SSSR count). The van der Waals surface area contributed by atoms with Gasteiger partial charge in [0.05, 0.1) is 5.54 Å². The van der Waals surface area contributed by atoms with E-state index >= 15 is 0 Å². The number of carbonyl (C=O) groups excluding carboxylic acids is 1. The Bertz CT molecular complexity index is 388. The summed E-state index contributed by atoms with van der Waals surface area (Å²) in [7, 11) is 0. The minimum atomic E-state index is -0.375. The van der Waals surface area contributed by atoms with Gasteiger partial charge in [0.25, 0.3) is 0 Å². The van der Waals surface area contributed by atoms with E-state index in [4.69, 9.17) is 0 Å². The van der Waals surface area contributed by atoms with E-state index in [2.05, 4.69) is 15.6 Å². The second-order valence-electron chi connectivity index (χ2n) is 4.20. The molecule has 0 bridgehead atoms. The summed E-state index contributed by atoms with van der Waals surface area (Å²) in [5, 5.41) is 6.91. The van der Waals surface area contributed by atoms with E-state index in [9.17, 15) is 4.79 Å². The average Bonchev–Trinajstić information content (AvgIpc) is 2.88. The van der Waals surface area contributed by atoms with Crippen LogP contribution >= 0.6 is 23.7 Å². The monoisotopic (exact) mass is 275 g/mol. The van der Waals surface area contributed by atoms with Crippen LogP contribution in [0.1, 0.15) is 31.1 Å². The molecule has 1 unspecified atom stereocenters. The highest BCUT2D eigenvalue weighted by molar-refractivity contribution is 7.15. The minimum absolute atomic E-state index is 0. The number of halogens is 1. The molecule has 1 saturated heterocycles. The van der Waals surface area contributed by atoms with E-state index in [1.54, 1.807) is 6.20 Å². The van der Waals surface area contributed by atoms with Gasteiger partial charge in [0, 0.05) is 11.1 Å². The number of nitrogens with one attached hydrogen (secondary N) is 2. The summed E-state index contributed by atoms with van der Waals surface area (Å²) in [4.78, 5) is 17.4. The smallest absolute Gasteiger partial charge is 0.246 e. The summed E-state index contributed by atoms with van der Waals surface area (Å²) < 4.78 is 0. The van der Waals surface area contributed by atoms with Crippen molar-refractivity contribution in [2.45, 2.75) is 38.6 Å². The number of aryl methyl sites for hydroxylation is 1. The predicted molar refractivity (Wildman–Crippen MR) is 73.0 cm³/mol. The molecule has 1 atom stereocenters. The molecular formula is C11H18ClN3OS. The number of nitrogens with zero attached hydrogens (tertiary/aromatic N) is 1. The molecule has 6 heteroatoms. The summed E-state index contributed by atoms with van der Waals surface area (Å²) in [6.07, 6.45) is 4.59. The lowest BCUT2D eigenvalue weighted by Crippen LogP contribution is -2.50. The zero-order valence-electron chi connectivity index (χ0n) is 10.1. The largest absolute Gasteiger partial charge is 0.303 e. The SMILES string of the molecule is CCC1(C(=O)Nc2ncc(C)s2)CCCN1.Cl. The van der Waals surface area contributed by atoms with E-state index in [1.165, 1.54) is 11.3 Å². The standard InChI is InChI=1S/C11H17N3OS.ClH/c1-3-11(5-4-6-13-11)9(15)14-10-12-7-8(2)16-10;/h7,13H,3-6H2,1-2H3,(H,12,14,15);1H. The average molecular weight is 276 g/mol. The third-order valence-corrected chi connectivity index (χ3v) is 3.95. The summed E-state index contributed by atoms with van der Waals surface area (Å²) >= 11 is 1.51. The number of hydrogen-bond donors (Lipinski definition) is 2. The predicted octanol–water partition coefficient (Wildman–Crippen LogP) is 2.34. The third-order valence-electron chi connectivity index (χ3n) is 3.12. The van der Waals surface area contributed by atoms with Crippen LogP contribution in [0.3, 0.4) is 0 Å². The summed E-state index contributed by atoms with van der Waals surface area (Å²) in [6, 6.07) is 0. The first-order chi connectivity index (χ1) is 7.66. The third kappa shape index (κ3) is 2.97. The fourth-order valence-corrected chi connectivity index (χ4v) is 2.75. The Morgan fingerprint density at radius 2 is 2.47 bits per heavy atom. The topological polar surface area (TPSA) is 54.0 Å². The van der Waals surface area contributed by atoms with Gasteiger partial charge < -0.3 is 10.6 Å². The lowest BCUT2D eigenvalue weighted by Gasteiger charge is -2.25. The molecule has 4 nitrogen and oxygen atoms in total. The van der Waals surface area contributed by atoms with Crippen LogP contribution in [-0.2, 0) is 4.79 Å². The molecule has 0 aliphatic carbocycles. The molecule has 0 radical (unpaired) electrons. The highest BCUT2D eigenvalue weighted by atomic mass is 35.5. The van der Waals surface area contributed by atoms with E-state index in [0.29, 0.717) is 5.13 Å². The van der Waals surface area contributed by atoms with Crippen LogP contribution in [0.5, 0.6) is 0 Å².